The summed E-state index contributed by atoms with van der Waals surface area (Å²) in [5.74, 6) is -0.665. The second-order valence-corrected chi connectivity index (χ2v) is 5.92. The number of rotatable bonds is 3. The summed E-state index contributed by atoms with van der Waals surface area (Å²) in [6, 6.07) is 7.88. The molecule has 0 aromatic heterocycles. The van der Waals surface area contributed by atoms with Crippen molar-refractivity contribution in [2.45, 2.75) is 27.2 Å². The van der Waals surface area contributed by atoms with E-state index in [1.54, 1.807) is 6.07 Å². The molecular formula is C16H20N2O2. The molecule has 1 N–H and O–H groups in total. The minimum atomic E-state index is -0.735. The predicted octanol–water partition coefficient (Wildman–Crippen LogP) is 2.80. The molecule has 1 unspecified atom stereocenters. The van der Waals surface area contributed by atoms with Crippen LogP contribution in [-0.4, -0.2) is 24.2 Å². The maximum Gasteiger partial charge on any atom is 0.311 e. The van der Waals surface area contributed by atoms with Crippen LogP contribution in [0.4, 0.5) is 5.69 Å². The van der Waals surface area contributed by atoms with E-state index in [1.165, 1.54) is 0 Å². The zero-order chi connectivity index (χ0) is 14.9. The SMILES string of the molecule is Cc1ccc(C#N)c(N2CCC(C(=O)O)(C(C)C)C2)c1. The molecule has 0 bridgehead atoms. The number of aliphatic carboxylic acids is 1. The van der Waals surface area contributed by atoms with Gasteiger partial charge in [0, 0.05) is 13.1 Å². The second-order valence-electron chi connectivity index (χ2n) is 5.92. The van der Waals surface area contributed by atoms with Gasteiger partial charge >= 0.3 is 5.97 Å². The fraction of sp³-hybridized carbons (Fsp3) is 0.500. The zero-order valence-electron chi connectivity index (χ0n) is 12.2. The normalized spacial score (nSPS) is 22.1. The van der Waals surface area contributed by atoms with E-state index in [0.717, 1.165) is 11.3 Å². The van der Waals surface area contributed by atoms with Crippen molar-refractivity contribution >= 4 is 11.7 Å². The fourth-order valence-corrected chi connectivity index (χ4v) is 2.93. The first kappa shape index (κ1) is 14.4. The third-order valence-electron chi connectivity index (χ3n) is 4.45. The molecule has 1 atom stereocenters. The van der Waals surface area contributed by atoms with Crippen LogP contribution >= 0.6 is 0 Å². The Morgan fingerprint density at radius 2 is 2.20 bits per heavy atom. The van der Waals surface area contributed by atoms with Gasteiger partial charge in [0.25, 0.3) is 0 Å². The lowest BCUT2D eigenvalue weighted by atomic mass is 9.76. The van der Waals surface area contributed by atoms with Crippen LogP contribution in [0.2, 0.25) is 0 Å². The molecule has 106 valence electrons. The van der Waals surface area contributed by atoms with E-state index in [1.807, 2.05) is 37.8 Å². The third-order valence-corrected chi connectivity index (χ3v) is 4.45. The van der Waals surface area contributed by atoms with E-state index in [4.69, 9.17) is 0 Å². The summed E-state index contributed by atoms with van der Waals surface area (Å²) in [7, 11) is 0. The summed E-state index contributed by atoms with van der Waals surface area (Å²) in [5.41, 5.74) is 1.84. The van der Waals surface area contributed by atoms with Crippen LogP contribution in [0, 0.1) is 29.6 Å². The van der Waals surface area contributed by atoms with Gasteiger partial charge in [-0.1, -0.05) is 19.9 Å². The summed E-state index contributed by atoms with van der Waals surface area (Å²) >= 11 is 0. The molecule has 0 aliphatic carbocycles. The van der Waals surface area contributed by atoms with Crippen molar-refractivity contribution in [3.05, 3.63) is 29.3 Å². The van der Waals surface area contributed by atoms with Crippen LogP contribution < -0.4 is 4.90 Å². The average Bonchev–Trinajstić information content (AvgIpc) is 2.85. The quantitative estimate of drug-likeness (QED) is 0.919. The van der Waals surface area contributed by atoms with E-state index < -0.39 is 11.4 Å². The van der Waals surface area contributed by atoms with Gasteiger partial charge in [-0.2, -0.15) is 5.26 Å². The Morgan fingerprint density at radius 1 is 1.50 bits per heavy atom. The molecule has 0 saturated carbocycles. The number of hydrogen-bond acceptors (Lipinski definition) is 3. The van der Waals surface area contributed by atoms with E-state index in [0.29, 0.717) is 25.1 Å². The Bertz CT molecular complexity index is 574. The van der Waals surface area contributed by atoms with Crippen molar-refractivity contribution in [3.8, 4) is 6.07 Å². The van der Waals surface area contributed by atoms with Gasteiger partial charge in [0.1, 0.15) is 6.07 Å². The van der Waals surface area contributed by atoms with Gasteiger partial charge in [0.2, 0.25) is 0 Å². The van der Waals surface area contributed by atoms with Crippen LogP contribution in [-0.2, 0) is 4.79 Å². The Morgan fingerprint density at radius 3 is 2.70 bits per heavy atom. The maximum absolute atomic E-state index is 11.7. The van der Waals surface area contributed by atoms with Gasteiger partial charge in [-0.15, -0.1) is 0 Å². The van der Waals surface area contributed by atoms with Crippen molar-refractivity contribution < 1.29 is 9.90 Å². The summed E-state index contributed by atoms with van der Waals surface area (Å²) in [4.78, 5) is 13.7. The molecule has 4 heteroatoms. The molecule has 1 aliphatic rings. The number of aryl methyl sites for hydroxylation is 1. The van der Waals surface area contributed by atoms with E-state index in [2.05, 4.69) is 6.07 Å². The van der Waals surface area contributed by atoms with Crippen LogP contribution in [0.15, 0.2) is 18.2 Å². The highest BCUT2D eigenvalue weighted by Gasteiger charge is 2.47. The Kier molecular flexibility index (Phi) is 3.71. The number of carbonyl (C=O) groups is 1. The Hall–Kier alpha value is -2.02. The first-order valence-corrected chi connectivity index (χ1v) is 6.90. The lowest BCUT2D eigenvalue weighted by Crippen LogP contribution is -2.39. The van der Waals surface area contributed by atoms with Crippen LogP contribution in [0.5, 0.6) is 0 Å². The molecule has 0 radical (unpaired) electrons. The molecule has 0 amide bonds. The topological polar surface area (TPSA) is 64.3 Å². The number of nitriles is 1. The lowest BCUT2D eigenvalue weighted by Gasteiger charge is -2.29. The minimum absolute atomic E-state index is 0.0698. The molecule has 1 aliphatic heterocycles. The number of carboxylic acid groups (broad SMARTS) is 1. The number of nitrogens with zero attached hydrogens (tertiary/aromatic N) is 2. The number of anilines is 1. The van der Waals surface area contributed by atoms with E-state index >= 15 is 0 Å². The predicted molar refractivity (Wildman–Crippen MR) is 77.6 cm³/mol. The van der Waals surface area contributed by atoms with Crippen molar-refractivity contribution in [1.29, 1.82) is 5.26 Å². The second kappa shape index (κ2) is 5.16. The van der Waals surface area contributed by atoms with E-state index in [9.17, 15) is 15.2 Å². The van der Waals surface area contributed by atoms with Gasteiger partial charge in [-0.25, -0.2) is 0 Å². The standard InChI is InChI=1S/C16H20N2O2/c1-11(2)16(15(19)20)6-7-18(10-16)14-8-12(3)4-5-13(14)9-17/h4-5,8,11H,6-7,10H2,1-3H3,(H,19,20). The van der Waals surface area contributed by atoms with Crippen molar-refractivity contribution in [1.82, 2.24) is 0 Å². The summed E-state index contributed by atoms with van der Waals surface area (Å²) in [6.45, 7) is 7.05. The molecule has 20 heavy (non-hydrogen) atoms. The largest absolute Gasteiger partial charge is 0.481 e. The molecule has 1 aromatic rings. The molecule has 1 fully saturated rings. The third kappa shape index (κ3) is 2.24. The molecule has 2 rings (SSSR count). The monoisotopic (exact) mass is 272 g/mol. The Labute approximate surface area is 119 Å². The molecule has 1 saturated heterocycles. The smallest absolute Gasteiger partial charge is 0.311 e. The molecular weight excluding hydrogens is 252 g/mol. The molecule has 1 heterocycles. The van der Waals surface area contributed by atoms with Gasteiger partial charge in [0.15, 0.2) is 0 Å². The first-order valence-electron chi connectivity index (χ1n) is 6.90. The number of benzene rings is 1. The number of hydrogen-bond donors (Lipinski definition) is 1. The summed E-state index contributed by atoms with van der Waals surface area (Å²) in [5, 5.41) is 18.8. The van der Waals surface area contributed by atoms with Gasteiger partial charge in [0.05, 0.1) is 16.7 Å². The fourth-order valence-electron chi connectivity index (χ4n) is 2.93. The van der Waals surface area contributed by atoms with Crippen LogP contribution in [0.3, 0.4) is 0 Å². The molecule has 1 aromatic carbocycles. The Balaban J connectivity index is 2.37. The van der Waals surface area contributed by atoms with Crippen molar-refractivity contribution in [2.75, 3.05) is 18.0 Å². The highest BCUT2D eigenvalue weighted by molar-refractivity contribution is 5.77. The van der Waals surface area contributed by atoms with Crippen molar-refractivity contribution in [2.24, 2.45) is 11.3 Å². The van der Waals surface area contributed by atoms with Crippen LogP contribution in [0.1, 0.15) is 31.4 Å². The van der Waals surface area contributed by atoms with Crippen molar-refractivity contribution in [3.63, 3.8) is 0 Å². The minimum Gasteiger partial charge on any atom is -0.481 e. The summed E-state index contributed by atoms with van der Waals surface area (Å²) < 4.78 is 0. The van der Waals surface area contributed by atoms with Gasteiger partial charge < -0.3 is 10.0 Å². The summed E-state index contributed by atoms with van der Waals surface area (Å²) in [6.07, 6.45) is 0.624. The van der Waals surface area contributed by atoms with Gasteiger partial charge in [-0.05, 0) is 37.0 Å². The van der Waals surface area contributed by atoms with Crippen LogP contribution in [0.25, 0.3) is 0 Å². The zero-order valence-corrected chi connectivity index (χ0v) is 12.2. The maximum atomic E-state index is 11.7. The van der Waals surface area contributed by atoms with Gasteiger partial charge in [-0.3, -0.25) is 4.79 Å². The van der Waals surface area contributed by atoms with E-state index in [-0.39, 0.29) is 5.92 Å². The lowest BCUT2D eigenvalue weighted by molar-refractivity contribution is -0.150. The highest BCUT2D eigenvalue weighted by Crippen LogP contribution is 2.40. The molecule has 0 spiro atoms. The molecule has 4 nitrogen and oxygen atoms in total. The highest BCUT2D eigenvalue weighted by atomic mass is 16.4. The first-order chi connectivity index (χ1) is 9.40. The number of carboxylic acids is 1. The average molecular weight is 272 g/mol.